The summed E-state index contributed by atoms with van der Waals surface area (Å²) in [7, 11) is 1.78. The van der Waals surface area contributed by atoms with Gasteiger partial charge in [-0.05, 0) is 25.0 Å². The van der Waals surface area contributed by atoms with Crippen molar-refractivity contribution in [1.29, 1.82) is 0 Å². The second-order valence-electron chi connectivity index (χ2n) is 6.71. The van der Waals surface area contributed by atoms with Crippen LogP contribution in [0.1, 0.15) is 42.5 Å². The summed E-state index contributed by atoms with van der Waals surface area (Å²) in [6.45, 7) is 1.37. The van der Waals surface area contributed by atoms with Crippen molar-refractivity contribution >= 4 is 17.6 Å². The topological polar surface area (TPSA) is 79.5 Å². The quantitative estimate of drug-likeness (QED) is 0.913. The standard InChI is InChI=1S/C17H24N4O2/c1-20(17(23)13-6-7-15(18)19-9-13)10-12-8-16(22)21(11-12)14-4-2-3-5-14/h6-7,9,12,14H,2-5,8,10-11H2,1H3,(H2,18,19)/t12-/m0/s1. The minimum absolute atomic E-state index is 0.0794. The molecular formula is C17H24N4O2. The summed E-state index contributed by atoms with van der Waals surface area (Å²) >= 11 is 0. The molecular weight excluding hydrogens is 292 g/mol. The molecule has 1 aliphatic carbocycles. The zero-order valence-corrected chi connectivity index (χ0v) is 13.6. The number of hydrogen-bond donors (Lipinski definition) is 1. The van der Waals surface area contributed by atoms with Gasteiger partial charge in [0.2, 0.25) is 5.91 Å². The van der Waals surface area contributed by atoms with Crippen LogP contribution in [0.2, 0.25) is 0 Å². The van der Waals surface area contributed by atoms with E-state index in [0.29, 0.717) is 30.4 Å². The Morgan fingerprint density at radius 3 is 2.78 bits per heavy atom. The lowest BCUT2D eigenvalue weighted by Crippen LogP contribution is -2.36. The lowest BCUT2D eigenvalue weighted by atomic mass is 10.1. The van der Waals surface area contributed by atoms with Crippen molar-refractivity contribution in [3.05, 3.63) is 23.9 Å². The number of aromatic nitrogens is 1. The van der Waals surface area contributed by atoms with E-state index < -0.39 is 0 Å². The highest BCUT2D eigenvalue weighted by Crippen LogP contribution is 2.29. The van der Waals surface area contributed by atoms with E-state index in [4.69, 9.17) is 5.73 Å². The van der Waals surface area contributed by atoms with Crippen molar-refractivity contribution in [2.75, 3.05) is 25.9 Å². The lowest BCUT2D eigenvalue weighted by molar-refractivity contribution is -0.129. The summed E-state index contributed by atoms with van der Waals surface area (Å²) < 4.78 is 0. The molecule has 2 amide bonds. The molecule has 0 radical (unpaired) electrons. The van der Waals surface area contributed by atoms with Crippen LogP contribution in [0.3, 0.4) is 0 Å². The van der Waals surface area contributed by atoms with Crippen LogP contribution in [-0.2, 0) is 4.79 Å². The summed E-state index contributed by atoms with van der Waals surface area (Å²) in [6, 6.07) is 3.74. The van der Waals surface area contributed by atoms with Gasteiger partial charge in [0.1, 0.15) is 5.82 Å². The van der Waals surface area contributed by atoms with Gasteiger partial charge >= 0.3 is 0 Å². The number of nitrogens with zero attached hydrogens (tertiary/aromatic N) is 3. The molecule has 6 heteroatoms. The van der Waals surface area contributed by atoms with E-state index in [1.54, 1.807) is 24.1 Å². The van der Waals surface area contributed by atoms with E-state index in [9.17, 15) is 9.59 Å². The number of hydrogen-bond acceptors (Lipinski definition) is 4. The van der Waals surface area contributed by atoms with Gasteiger partial charge in [0.15, 0.2) is 0 Å². The molecule has 1 aromatic heterocycles. The van der Waals surface area contributed by atoms with Gasteiger partial charge in [0, 0.05) is 44.7 Å². The first kappa shape index (κ1) is 15.8. The minimum atomic E-state index is -0.0794. The highest BCUT2D eigenvalue weighted by atomic mass is 16.2. The predicted octanol–water partition coefficient (Wildman–Crippen LogP) is 1.53. The van der Waals surface area contributed by atoms with Crippen LogP contribution in [0.25, 0.3) is 0 Å². The Hall–Kier alpha value is -2.11. The number of rotatable bonds is 4. The summed E-state index contributed by atoms with van der Waals surface area (Å²) in [6.07, 6.45) is 6.75. The number of carbonyl (C=O) groups is 2. The highest BCUT2D eigenvalue weighted by Gasteiger charge is 2.36. The van der Waals surface area contributed by atoms with Gasteiger partial charge in [-0.3, -0.25) is 9.59 Å². The van der Waals surface area contributed by atoms with E-state index in [1.165, 1.54) is 19.0 Å². The number of amides is 2. The summed E-state index contributed by atoms with van der Waals surface area (Å²) in [5, 5.41) is 0. The highest BCUT2D eigenvalue weighted by molar-refractivity contribution is 5.94. The Balaban J connectivity index is 1.57. The molecule has 1 atom stereocenters. The van der Waals surface area contributed by atoms with Gasteiger partial charge in [-0.25, -0.2) is 4.98 Å². The predicted molar refractivity (Wildman–Crippen MR) is 87.7 cm³/mol. The van der Waals surface area contributed by atoms with E-state index in [-0.39, 0.29) is 17.7 Å². The van der Waals surface area contributed by atoms with E-state index in [1.807, 2.05) is 4.90 Å². The molecule has 2 heterocycles. The van der Waals surface area contributed by atoms with E-state index in [0.717, 1.165) is 19.4 Å². The number of likely N-dealkylation sites (tertiary alicyclic amines) is 1. The van der Waals surface area contributed by atoms with Crippen molar-refractivity contribution in [2.24, 2.45) is 5.92 Å². The van der Waals surface area contributed by atoms with E-state index in [2.05, 4.69) is 4.98 Å². The van der Waals surface area contributed by atoms with Gasteiger partial charge < -0.3 is 15.5 Å². The van der Waals surface area contributed by atoms with Crippen molar-refractivity contribution in [2.45, 2.75) is 38.1 Å². The summed E-state index contributed by atoms with van der Waals surface area (Å²) in [5.41, 5.74) is 6.07. The fourth-order valence-corrected chi connectivity index (χ4v) is 3.72. The fourth-order valence-electron chi connectivity index (χ4n) is 3.72. The van der Waals surface area contributed by atoms with Crippen molar-refractivity contribution in [1.82, 2.24) is 14.8 Å². The van der Waals surface area contributed by atoms with Crippen LogP contribution >= 0.6 is 0 Å². The largest absolute Gasteiger partial charge is 0.384 e. The van der Waals surface area contributed by atoms with E-state index >= 15 is 0 Å². The number of anilines is 1. The average Bonchev–Trinajstić information content (AvgIpc) is 3.16. The molecule has 0 bridgehead atoms. The Morgan fingerprint density at radius 1 is 1.39 bits per heavy atom. The van der Waals surface area contributed by atoms with Gasteiger partial charge in [-0.2, -0.15) is 0 Å². The number of pyridine rings is 1. The molecule has 1 saturated heterocycles. The Morgan fingerprint density at radius 2 is 2.13 bits per heavy atom. The molecule has 2 fully saturated rings. The van der Waals surface area contributed by atoms with Crippen LogP contribution in [0.4, 0.5) is 5.82 Å². The summed E-state index contributed by atoms with van der Waals surface area (Å²) in [5.74, 6) is 0.790. The van der Waals surface area contributed by atoms with Crippen LogP contribution in [0.15, 0.2) is 18.3 Å². The lowest BCUT2D eigenvalue weighted by Gasteiger charge is -2.25. The molecule has 6 nitrogen and oxygen atoms in total. The molecule has 124 valence electrons. The Bertz CT molecular complexity index is 581. The monoisotopic (exact) mass is 316 g/mol. The molecule has 2 aliphatic rings. The van der Waals surface area contributed by atoms with Crippen LogP contribution < -0.4 is 5.73 Å². The van der Waals surface area contributed by atoms with Gasteiger partial charge in [0.25, 0.3) is 5.91 Å². The first-order valence-electron chi connectivity index (χ1n) is 8.31. The normalized spacial score (nSPS) is 21.9. The SMILES string of the molecule is CN(C[C@@H]1CC(=O)N(C2CCCC2)C1)C(=O)c1ccc(N)nc1. The first-order valence-corrected chi connectivity index (χ1v) is 8.31. The average molecular weight is 316 g/mol. The van der Waals surface area contributed by atoms with Gasteiger partial charge in [-0.15, -0.1) is 0 Å². The maximum absolute atomic E-state index is 12.4. The second kappa shape index (κ2) is 6.56. The second-order valence-corrected chi connectivity index (χ2v) is 6.71. The fraction of sp³-hybridized carbons (Fsp3) is 0.588. The van der Waals surface area contributed by atoms with Crippen LogP contribution in [-0.4, -0.2) is 52.8 Å². The molecule has 3 rings (SSSR count). The third kappa shape index (κ3) is 3.46. The Kier molecular flexibility index (Phi) is 4.50. The third-order valence-corrected chi connectivity index (χ3v) is 4.92. The van der Waals surface area contributed by atoms with Crippen molar-refractivity contribution < 1.29 is 9.59 Å². The Labute approximate surface area is 136 Å². The summed E-state index contributed by atoms with van der Waals surface area (Å²) in [4.78, 5) is 32.3. The molecule has 0 unspecified atom stereocenters. The molecule has 2 N–H and O–H groups in total. The van der Waals surface area contributed by atoms with Crippen molar-refractivity contribution in [3.8, 4) is 0 Å². The van der Waals surface area contributed by atoms with Gasteiger partial charge in [0.05, 0.1) is 5.56 Å². The minimum Gasteiger partial charge on any atom is -0.384 e. The molecule has 1 saturated carbocycles. The molecule has 1 aliphatic heterocycles. The van der Waals surface area contributed by atoms with Crippen molar-refractivity contribution in [3.63, 3.8) is 0 Å². The maximum Gasteiger partial charge on any atom is 0.255 e. The molecule has 1 aromatic rings. The molecule has 0 spiro atoms. The first-order chi connectivity index (χ1) is 11.0. The third-order valence-electron chi connectivity index (χ3n) is 4.92. The van der Waals surface area contributed by atoms with Crippen LogP contribution in [0, 0.1) is 5.92 Å². The molecule has 23 heavy (non-hydrogen) atoms. The smallest absolute Gasteiger partial charge is 0.255 e. The number of nitrogen functional groups attached to an aromatic ring is 1. The van der Waals surface area contributed by atoms with Gasteiger partial charge in [-0.1, -0.05) is 12.8 Å². The zero-order valence-electron chi connectivity index (χ0n) is 13.6. The number of nitrogens with two attached hydrogens (primary N) is 1. The number of carbonyl (C=O) groups excluding carboxylic acids is 2. The maximum atomic E-state index is 12.4. The molecule has 0 aromatic carbocycles. The zero-order chi connectivity index (χ0) is 16.4. The van der Waals surface area contributed by atoms with Crippen LogP contribution in [0.5, 0.6) is 0 Å².